The van der Waals surface area contributed by atoms with Crippen molar-refractivity contribution in [2.75, 3.05) is 6.54 Å². The molecule has 0 spiro atoms. The number of sulfone groups is 1. The normalized spacial score (nSPS) is 24.1. The summed E-state index contributed by atoms with van der Waals surface area (Å²) < 4.78 is 30.6. The van der Waals surface area contributed by atoms with Gasteiger partial charge in [0.2, 0.25) is 0 Å². The van der Waals surface area contributed by atoms with Crippen molar-refractivity contribution in [1.29, 1.82) is 0 Å². The molecule has 6 nitrogen and oxygen atoms in total. The van der Waals surface area contributed by atoms with Crippen molar-refractivity contribution in [3.8, 4) is 0 Å². The van der Waals surface area contributed by atoms with Gasteiger partial charge >= 0.3 is 6.09 Å². The Morgan fingerprint density at radius 2 is 1.91 bits per heavy atom. The molecule has 3 N–H and O–H groups in total. The Hall–Kier alpha value is -1.60. The molecule has 0 saturated heterocycles. The van der Waals surface area contributed by atoms with Gasteiger partial charge in [-0.15, -0.1) is 0 Å². The molecular weight excluding hydrogens is 316 g/mol. The summed E-state index contributed by atoms with van der Waals surface area (Å²) >= 11 is 0. The van der Waals surface area contributed by atoms with Crippen molar-refractivity contribution in [1.82, 2.24) is 5.32 Å². The molecule has 1 saturated carbocycles. The topological polar surface area (TPSA) is 98.5 Å². The minimum Gasteiger partial charge on any atom is -0.444 e. The van der Waals surface area contributed by atoms with Crippen LogP contribution < -0.4 is 11.1 Å². The molecule has 0 bridgehead atoms. The van der Waals surface area contributed by atoms with E-state index in [9.17, 15) is 13.2 Å². The Bertz CT molecular complexity index is 692. The molecule has 0 radical (unpaired) electrons. The van der Waals surface area contributed by atoms with E-state index in [1.54, 1.807) is 45.0 Å². The fourth-order valence-corrected chi connectivity index (χ4v) is 4.58. The molecule has 0 heterocycles. The molecule has 1 aliphatic rings. The van der Waals surface area contributed by atoms with Gasteiger partial charge in [0.15, 0.2) is 9.84 Å². The molecule has 2 rings (SSSR count). The van der Waals surface area contributed by atoms with Crippen LogP contribution in [0.1, 0.15) is 32.8 Å². The summed E-state index contributed by atoms with van der Waals surface area (Å²) in [5, 5.41) is 1.92. The van der Waals surface area contributed by atoms with Crippen LogP contribution in [0.2, 0.25) is 0 Å². The Balaban J connectivity index is 2.16. The van der Waals surface area contributed by atoms with Crippen LogP contribution in [0.4, 0.5) is 4.79 Å². The molecule has 0 aliphatic heterocycles. The van der Waals surface area contributed by atoms with Crippen molar-refractivity contribution in [2.24, 2.45) is 5.73 Å². The summed E-state index contributed by atoms with van der Waals surface area (Å²) in [6.07, 6.45) is -0.358. The minimum absolute atomic E-state index is 0.0437. The first-order valence-electron chi connectivity index (χ1n) is 7.52. The van der Waals surface area contributed by atoms with E-state index in [1.165, 1.54) is 0 Å². The molecule has 0 aromatic heterocycles. The summed E-state index contributed by atoms with van der Waals surface area (Å²) in [7, 11) is -3.54. The van der Waals surface area contributed by atoms with E-state index in [2.05, 4.69) is 5.32 Å². The highest BCUT2D eigenvalue weighted by atomic mass is 32.2. The third-order valence-electron chi connectivity index (χ3n) is 3.84. The van der Waals surface area contributed by atoms with Gasteiger partial charge in [0, 0.05) is 6.54 Å². The molecule has 1 aromatic carbocycles. The van der Waals surface area contributed by atoms with Crippen molar-refractivity contribution in [3.63, 3.8) is 0 Å². The SMILES string of the molecule is Cc1ccc(S(=O)(=O)C2CC2(CN)NC(=O)OC(C)(C)C)cc1. The number of hydrogen-bond acceptors (Lipinski definition) is 5. The van der Waals surface area contributed by atoms with Crippen LogP contribution in [-0.2, 0) is 14.6 Å². The molecule has 7 heteroatoms. The summed E-state index contributed by atoms with van der Waals surface area (Å²) in [5.74, 6) is 0. The van der Waals surface area contributed by atoms with Gasteiger partial charge in [0.1, 0.15) is 5.60 Å². The van der Waals surface area contributed by atoms with Gasteiger partial charge in [0.25, 0.3) is 0 Å². The lowest BCUT2D eigenvalue weighted by Crippen LogP contribution is -2.48. The fraction of sp³-hybridized carbons (Fsp3) is 0.562. The molecule has 2 atom stereocenters. The largest absolute Gasteiger partial charge is 0.444 e. The van der Waals surface area contributed by atoms with Gasteiger partial charge < -0.3 is 15.8 Å². The molecule has 1 amide bonds. The van der Waals surface area contributed by atoms with E-state index < -0.39 is 32.3 Å². The lowest BCUT2D eigenvalue weighted by molar-refractivity contribution is 0.0499. The van der Waals surface area contributed by atoms with Crippen molar-refractivity contribution >= 4 is 15.9 Å². The summed E-state index contributed by atoms with van der Waals surface area (Å²) in [6.45, 7) is 7.17. The van der Waals surface area contributed by atoms with Crippen molar-refractivity contribution in [3.05, 3.63) is 29.8 Å². The van der Waals surface area contributed by atoms with Gasteiger partial charge in [-0.3, -0.25) is 0 Å². The van der Waals surface area contributed by atoms with Gasteiger partial charge in [-0.2, -0.15) is 0 Å². The summed E-state index contributed by atoms with van der Waals surface area (Å²) in [4.78, 5) is 12.2. The third-order valence-corrected chi connectivity index (χ3v) is 6.14. The molecule has 1 aliphatic carbocycles. The second-order valence-electron chi connectivity index (χ2n) is 7.04. The number of nitrogens with two attached hydrogens (primary N) is 1. The van der Waals surface area contributed by atoms with E-state index in [4.69, 9.17) is 10.5 Å². The van der Waals surface area contributed by atoms with E-state index in [1.807, 2.05) is 6.92 Å². The Kier molecular flexibility index (Phi) is 4.47. The van der Waals surface area contributed by atoms with Crippen LogP contribution in [0, 0.1) is 6.92 Å². The van der Waals surface area contributed by atoms with E-state index in [0.717, 1.165) is 5.56 Å². The van der Waals surface area contributed by atoms with Crippen LogP contribution in [0.3, 0.4) is 0 Å². The van der Waals surface area contributed by atoms with Gasteiger partial charge in [-0.05, 0) is 46.2 Å². The fourth-order valence-electron chi connectivity index (χ4n) is 2.48. The van der Waals surface area contributed by atoms with Crippen LogP contribution >= 0.6 is 0 Å². The van der Waals surface area contributed by atoms with Crippen molar-refractivity contribution in [2.45, 2.75) is 55.4 Å². The predicted octanol–water partition coefficient (Wildman–Crippen LogP) is 1.76. The smallest absolute Gasteiger partial charge is 0.408 e. The maximum absolute atomic E-state index is 12.7. The number of nitrogens with one attached hydrogen (secondary N) is 1. The number of benzene rings is 1. The van der Waals surface area contributed by atoms with Crippen LogP contribution in [0.15, 0.2) is 29.2 Å². The first kappa shape index (κ1) is 17.7. The molecule has 128 valence electrons. The van der Waals surface area contributed by atoms with Crippen LogP contribution in [0.5, 0.6) is 0 Å². The van der Waals surface area contributed by atoms with E-state index >= 15 is 0 Å². The monoisotopic (exact) mass is 340 g/mol. The lowest BCUT2D eigenvalue weighted by Gasteiger charge is -2.23. The Morgan fingerprint density at radius 1 is 1.35 bits per heavy atom. The third kappa shape index (κ3) is 3.84. The standard InChI is InChI=1S/C16H24N2O4S/c1-11-5-7-12(8-6-11)23(20,21)13-9-16(13,10-17)18-14(19)22-15(2,3)4/h5-8,13H,9-10,17H2,1-4H3,(H,18,19). The van der Waals surface area contributed by atoms with Crippen LogP contribution in [-0.4, -0.2) is 37.4 Å². The average molecular weight is 340 g/mol. The molecule has 1 fully saturated rings. The average Bonchev–Trinajstić information content (AvgIpc) is 3.12. The zero-order valence-electron chi connectivity index (χ0n) is 13.9. The zero-order valence-corrected chi connectivity index (χ0v) is 14.7. The molecular formula is C16H24N2O4S. The summed E-state index contributed by atoms with van der Waals surface area (Å²) in [6, 6.07) is 6.66. The van der Waals surface area contributed by atoms with E-state index in [-0.39, 0.29) is 11.4 Å². The number of rotatable bonds is 4. The van der Waals surface area contributed by atoms with Crippen molar-refractivity contribution < 1.29 is 17.9 Å². The Labute approximate surface area is 137 Å². The van der Waals surface area contributed by atoms with Gasteiger partial charge in [0.05, 0.1) is 15.7 Å². The second kappa shape index (κ2) is 5.79. The quantitative estimate of drug-likeness (QED) is 0.870. The molecule has 2 unspecified atom stereocenters. The highest BCUT2D eigenvalue weighted by molar-refractivity contribution is 7.92. The lowest BCUT2D eigenvalue weighted by atomic mass is 10.2. The maximum atomic E-state index is 12.7. The minimum atomic E-state index is -3.54. The van der Waals surface area contributed by atoms with Gasteiger partial charge in [-0.25, -0.2) is 13.2 Å². The number of carbonyl (C=O) groups is 1. The maximum Gasteiger partial charge on any atom is 0.408 e. The number of carbonyl (C=O) groups excluding carboxylic acids is 1. The number of alkyl carbamates (subject to hydrolysis) is 1. The van der Waals surface area contributed by atoms with Crippen LogP contribution in [0.25, 0.3) is 0 Å². The highest BCUT2D eigenvalue weighted by Crippen LogP contribution is 2.44. The molecule has 23 heavy (non-hydrogen) atoms. The number of hydrogen-bond donors (Lipinski definition) is 2. The predicted molar refractivity (Wildman–Crippen MR) is 87.9 cm³/mol. The highest BCUT2D eigenvalue weighted by Gasteiger charge is 2.62. The molecule has 1 aromatic rings. The van der Waals surface area contributed by atoms with E-state index in [0.29, 0.717) is 6.42 Å². The summed E-state index contributed by atoms with van der Waals surface area (Å²) in [5.41, 5.74) is 5.11. The Morgan fingerprint density at radius 3 is 2.39 bits per heavy atom. The zero-order chi connectivity index (χ0) is 17.5. The number of amides is 1. The first-order valence-corrected chi connectivity index (χ1v) is 9.07. The first-order chi connectivity index (χ1) is 10.5. The van der Waals surface area contributed by atoms with Gasteiger partial charge in [-0.1, -0.05) is 17.7 Å². The second-order valence-corrected chi connectivity index (χ2v) is 9.17. The number of aryl methyl sites for hydroxylation is 1. The number of ether oxygens (including phenoxy) is 1.